The number of fused-ring (bicyclic) bond motifs is 1. The van der Waals surface area contributed by atoms with Gasteiger partial charge in [-0.05, 0) is 25.1 Å². The third kappa shape index (κ3) is 4.15. The largest absolute Gasteiger partial charge is 0.481 e. The Morgan fingerprint density at radius 1 is 1.30 bits per heavy atom. The van der Waals surface area contributed by atoms with Gasteiger partial charge in [-0.15, -0.1) is 0 Å². The number of nitrogens with zero attached hydrogens (tertiary/aromatic N) is 1. The molecule has 1 heterocycles. The summed E-state index contributed by atoms with van der Waals surface area (Å²) in [4.78, 5) is 26.4. The zero-order valence-corrected chi connectivity index (χ0v) is 12.9. The van der Waals surface area contributed by atoms with E-state index in [0.29, 0.717) is 40.9 Å². The van der Waals surface area contributed by atoms with Crippen molar-refractivity contribution in [3.05, 3.63) is 35.3 Å². The first-order valence-corrected chi connectivity index (χ1v) is 7.17. The summed E-state index contributed by atoms with van der Waals surface area (Å²) in [5, 5.41) is 15.4. The van der Waals surface area contributed by atoms with Crippen LogP contribution in [0.15, 0.2) is 18.2 Å². The molecule has 0 bridgehead atoms. The number of carboxylic acids is 1. The number of carbonyl (C=O) groups is 2. The summed E-state index contributed by atoms with van der Waals surface area (Å²) in [7, 11) is 0. The lowest BCUT2D eigenvalue weighted by Crippen LogP contribution is -2.26. The number of carbonyl (C=O) groups excluding carboxylic acids is 1. The maximum Gasteiger partial charge on any atom is 0.307 e. The summed E-state index contributed by atoms with van der Waals surface area (Å²) in [6.45, 7) is 3.90. The zero-order valence-electron chi connectivity index (χ0n) is 12.9. The Balaban J connectivity index is 2.44. The number of anilines is 1. The van der Waals surface area contributed by atoms with Crippen LogP contribution in [0, 0.1) is 12.7 Å². The van der Waals surface area contributed by atoms with Crippen LogP contribution >= 0.6 is 0 Å². The van der Waals surface area contributed by atoms with Crippen LogP contribution in [-0.2, 0) is 16.0 Å². The smallest absolute Gasteiger partial charge is 0.307 e. The molecule has 0 radical (unpaired) electrons. The standard InChI is InChI=1S/C16H18FN3O3/c1-9-12(8-15(22)23)16(19-6-5-18-10(2)21)13-7-11(17)3-4-14(13)20-9/h3-4,7H,5-6,8H2,1-2H3,(H,18,21)(H,19,20)(H,22,23). The van der Waals surface area contributed by atoms with Gasteiger partial charge in [0.2, 0.25) is 5.91 Å². The molecule has 0 aliphatic rings. The lowest BCUT2D eigenvalue weighted by molar-refractivity contribution is -0.136. The number of pyridine rings is 1. The number of rotatable bonds is 6. The van der Waals surface area contributed by atoms with Crippen LogP contribution in [0.5, 0.6) is 0 Å². The van der Waals surface area contributed by atoms with Crippen LogP contribution in [0.25, 0.3) is 10.9 Å². The highest BCUT2D eigenvalue weighted by molar-refractivity contribution is 5.95. The lowest BCUT2D eigenvalue weighted by Gasteiger charge is -2.16. The van der Waals surface area contributed by atoms with Crippen molar-refractivity contribution in [3.63, 3.8) is 0 Å². The molecule has 122 valence electrons. The van der Waals surface area contributed by atoms with Gasteiger partial charge in [0.05, 0.1) is 11.9 Å². The van der Waals surface area contributed by atoms with E-state index < -0.39 is 11.8 Å². The monoisotopic (exact) mass is 319 g/mol. The average Bonchev–Trinajstić information content (AvgIpc) is 2.46. The number of hydrogen-bond donors (Lipinski definition) is 3. The number of amides is 1. The second kappa shape index (κ2) is 7.04. The number of hydrogen-bond acceptors (Lipinski definition) is 4. The van der Waals surface area contributed by atoms with Crippen LogP contribution in [0.4, 0.5) is 10.1 Å². The van der Waals surface area contributed by atoms with E-state index in [2.05, 4.69) is 15.6 Å². The van der Waals surface area contributed by atoms with Crippen molar-refractivity contribution in [2.45, 2.75) is 20.3 Å². The third-order valence-electron chi connectivity index (χ3n) is 3.38. The summed E-state index contributed by atoms with van der Waals surface area (Å²) >= 11 is 0. The minimum Gasteiger partial charge on any atom is -0.481 e. The first-order valence-electron chi connectivity index (χ1n) is 7.17. The van der Waals surface area contributed by atoms with Crippen LogP contribution in [-0.4, -0.2) is 35.1 Å². The zero-order chi connectivity index (χ0) is 17.0. The molecule has 3 N–H and O–H groups in total. The minimum absolute atomic E-state index is 0.153. The Bertz CT molecular complexity index is 762. The molecule has 0 saturated carbocycles. The molecule has 2 rings (SSSR count). The van der Waals surface area contributed by atoms with E-state index in [1.807, 2.05) is 0 Å². The molecule has 2 aromatic rings. The molecule has 23 heavy (non-hydrogen) atoms. The first kappa shape index (κ1) is 16.7. The molecule has 0 unspecified atom stereocenters. The fourth-order valence-electron chi connectivity index (χ4n) is 2.39. The molecule has 1 aromatic carbocycles. The lowest BCUT2D eigenvalue weighted by atomic mass is 10.0. The normalized spacial score (nSPS) is 10.6. The predicted octanol–water partition coefficient (Wildman–Crippen LogP) is 1.86. The van der Waals surface area contributed by atoms with Gasteiger partial charge >= 0.3 is 5.97 Å². The Hall–Kier alpha value is -2.70. The molecule has 0 spiro atoms. The summed E-state index contributed by atoms with van der Waals surface area (Å²) in [5.74, 6) is -1.57. The Kier molecular flexibility index (Phi) is 5.10. The van der Waals surface area contributed by atoms with Gasteiger partial charge in [0.1, 0.15) is 5.82 Å². The van der Waals surface area contributed by atoms with Crippen molar-refractivity contribution in [3.8, 4) is 0 Å². The molecule has 0 atom stereocenters. The van der Waals surface area contributed by atoms with E-state index in [1.54, 1.807) is 13.0 Å². The van der Waals surface area contributed by atoms with E-state index in [4.69, 9.17) is 5.11 Å². The van der Waals surface area contributed by atoms with Crippen molar-refractivity contribution >= 4 is 28.5 Å². The highest BCUT2D eigenvalue weighted by Crippen LogP contribution is 2.29. The molecule has 1 aromatic heterocycles. The number of aliphatic carboxylic acids is 1. The fraction of sp³-hybridized carbons (Fsp3) is 0.312. The average molecular weight is 319 g/mol. The van der Waals surface area contributed by atoms with Crippen molar-refractivity contribution in [2.24, 2.45) is 0 Å². The van der Waals surface area contributed by atoms with Crippen LogP contribution in [0.1, 0.15) is 18.2 Å². The molecular formula is C16H18FN3O3. The fourth-order valence-corrected chi connectivity index (χ4v) is 2.39. The van der Waals surface area contributed by atoms with Gasteiger partial charge in [-0.3, -0.25) is 14.6 Å². The Morgan fingerprint density at radius 2 is 2.04 bits per heavy atom. The highest BCUT2D eigenvalue weighted by atomic mass is 19.1. The molecule has 0 saturated heterocycles. The molecule has 7 heteroatoms. The highest BCUT2D eigenvalue weighted by Gasteiger charge is 2.15. The molecule has 6 nitrogen and oxygen atoms in total. The maximum atomic E-state index is 13.6. The summed E-state index contributed by atoms with van der Waals surface area (Å²) in [6, 6.07) is 4.20. The quantitative estimate of drug-likeness (QED) is 0.707. The van der Waals surface area contributed by atoms with E-state index >= 15 is 0 Å². The molecule has 0 aliphatic heterocycles. The Labute approximate surface area is 132 Å². The van der Waals surface area contributed by atoms with Crippen LogP contribution < -0.4 is 10.6 Å². The molecule has 0 aliphatic carbocycles. The topological polar surface area (TPSA) is 91.3 Å². The third-order valence-corrected chi connectivity index (χ3v) is 3.38. The molecular weight excluding hydrogens is 301 g/mol. The van der Waals surface area contributed by atoms with E-state index in [9.17, 15) is 14.0 Å². The van der Waals surface area contributed by atoms with Crippen molar-refractivity contribution in [1.29, 1.82) is 0 Å². The van der Waals surface area contributed by atoms with Gasteiger partial charge in [0.15, 0.2) is 0 Å². The minimum atomic E-state index is -0.990. The number of aryl methyl sites for hydroxylation is 1. The summed E-state index contributed by atoms with van der Waals surface area (Å²) in [6.07, 6.45) is -0.215. The number of halogens is 1. The van der Waals surface area contributed by atoms with Gasteiger partial charge in [0, 0.05) is 42.3 Å². The maximum absolute atomic E-state index is 13.6. The molecule has 1 amide bonds. The van der Waals surface area contributed by atoms with E-state index in [1.165, 1.54) is 19.1 Å². The van der Waals surface area contributed by atoms with Gasteiger partial charge in [-0.2, -0.15) is 0 Å². The number of aromatic nitrogens is 1. The van der Waals surface area contributed by atoms with Crippen LogP contribution in [0.3, 0.4) is 0 Å². The summed E-state index contributed by atoms with van der Waals surface area (Å²) < 4.78 is 13.6. The van der Waals surface area contributed by atoms with Gasteiger partial charge in [0.25, 0.3) is 0 Å². The SMILES string of the molecule is CC(=O)NCCNc1c(CC(=O)O)c(C)nc2ccc(F)cc12. The van der Waals surface area contributed by atoms with Crippen LogP contribution in [0.2, 0.25) is 0 Å². The second-order valence-corrected chi connectivity index (χ2v) is 5.19. The van der Waals surface area contributed by atoms with Crippen molar-refractivity contribution in [2.75, 3.05) is 18.4 Å². The van der Waals surface area contributed by atoms with E-state index in [0.717, 1.165) is 0 Å². The second-order valence-electron chi connectivity index (χ2n) is 5.19. The summed E-state index contributed by atoms with van der Waals surface area (Å²) in [5.41, 5.74) is 2.21. The Morgan fingerprint density at radius 3 is 2.70 bits per heavy atom. The van der Waals surface area contributed by atoms with Crippen molar-refractivity contribution < 1.29 is 19.1 Å². The molecule has 0 fully saturated rings. The number of benzene rings is 1. The van der Waals surface area contributed by atoms with E-state index in [-0.39, 0.29) is 12.3 Å². The van der Waals surface area contributed by atoms with Gasteiger partial charge in [-0.25, -0.2) is 4.39 Å². The number of nitrogens with one attached hydrogen (secondary N) is 2. The van der Waals surface area contributed by atoms with Crippen molar-refractivity contribution in [1.82, 2.24) is 10.3 Å². The van der Waals surface area contributed by atoms with Gasteiger partial charge in [-0.1, -0.05) is 0 Å². The number of carboxylic acid groups (broad SMARTS) is 1. The predicted molar refractivity (Wildman–Crippen MR) is 85.0 cm³/mol. The first-order chi connectivity index (χ1) is 10.9. The van der Waals surface area contributed by atoms with Gasteiger partial charge < -0.3 is 15.7 Å².